The molecule has 9 nitrogen and oxygen atoms in total. The lowest BCUT2D eigenvalue weighted by Gasteiger charge is -2.10. The summed E-state index contributed by atoms with van der Waals surface area (Å²) in [5.74, 6) is -8.70. The van der Waals surface area contributed by atoms with Crippen molar-refractivity contribution in [3.63, 3.8) is 0 Å². The van der Waals surface area contributed by atoms with Crippen molar-refractivity contribution >= 4 is 43.2 Å². The molecule has 1 aliphatic rings. The number of hydrogen-bond acceptors (Lipinski definition) is 6. The zero-order valence-corrected chi connectivity index (χ0v) is 17.3. The minimum absolute atomic E-state index is 0.130. The molecule has 5 rings (SSSR count). The first-order valence-corrected chi connectivity index (χ1v) is 10.8. The van der Waals surface area contributed by atoms with Crippen molar-refractivity contribution in [3.05, 3.63) is 62.4 Å². The second-order valence-electron chi connectivity index (χ2n) is 7.30. The van der Waals surface area contributed by atoms with Crippen molar-refractivity contribution < 1.29 is 31.2 Å². The van der Waals surface area contributed by atoms with Gasteiger partial charge in [-0.15, -0.1) is 0 Å². The zero-order chi connectivity index (χ0) is 24.1. The molecule has 1 aliphatic carbocycles. The third kappa shape index (κ3) is 2.70. The maximum absolute atomic E-state index is 13.6. The molecular weight excluding hydrogens is 496 g/mol. The summed E-state index contributed by atoms with van der Waals surface area (Å²) in [6.45, 7) is 0. The Hall–Kier alpha value is -3.39. The minimum Gasteiger partial charge on any atom is -0.421 e. The van der Waals surface area contributed by atoms with Gasteiger partial charge in [-0.2, -0.15) is 22.7 Å². The fourth-order valence-electron chi connectivity index (χ4n) is 3.62. The Balaban J connectivity index is 1.74. The van der Waals surface area contributed by atoms with E-state index in [0.29, 0.717) is 4.68 Å². The largest absolute Gasteiger partial charge is 0.421 e. The predicted molar refractivity (Wildman–Crippen MR) is 105 cm³/mol. The van der Waals surface area contributed by atoms with Gasteiger partial charge < -0.3 is 10.2 Å². The van der Waals surface area contributed by atoms with Crippen LogP contribution in [0.1, 0.15) is 6.04 Å². The Labute approximate surface area is 184 Å². The van der Waals surface area contributed by atoms with Gasteiger partial charge in [0.2, 0.25) is 9.84 Å². The second-order valence-corrected chi connectivity index (χ2v) is 9.63. The number of halogens is 5. The Bertz CT molecular complexity index is 1710. The lowest BCUT2D eigenvalue weighted by atomic mass is 10.2. The van der Waals surface area contributed by atoms with E-state index < -0.39 is 59.7 Å². The molecule has 0 bridgehead atoms. The number of rotatable bonds is 3. The summed E-state index contributed by atoms with van der Waals surface area (Å²) < 4.78 is 80.9. The van der Waals surface area contributed by atoms with Crippen LogP contribution >= 0.6 is 11.6 Å². The number of aromatic amines is 1. The van der Waals surface area contributed by atoms with Crippen LogP contribution in [-0.4, -0.2) is 45.0 Å². The van der Waals surface area contributed by atoms with E-state index >= 15 is 0 Å². The van der Waals surface area contributed by atoms with E-state index in [1.165, 1.54) is 6.07 Å². The van der Waals surface area contributed by atoms with E-state index in [4.69, 9.17) is 11.6 Å². The smallest absolute Gasteiger partial charge is 0.362 e. The van der Waals surface area contributed by atoms with Crippen molar-refractivity contribution in [3.8, 4) is 0 Å². The van der Waals surface area contributed by atoms with E-state index in [9.17, 15) is 40.8 Å². The molecular formula is C18H9ClF4N4O5S. The number of alkyl halides is 4. The molecule has 2 heterocycles. The number of sulfone groups is 1. The van der Waals surface area contributed by atoms with E-state index in [-0.39, 0.29) is 20.7 Å². The lowest BCUT2D eigenvalue weighted by molar-refractivity contribution is -0.0278. The summed E-state index contributed by atoms with van der Waals surface area (Å²) in [5, 5.41) is 12.5. The van der Waals surface area contributed by atoms with Gasteiger partial charge in [-0.1, -0.05) is 16.3 Å². The Kier molecular flexibility index (Phi) is 4.13. The molecule has 0 radical (unpaired) electrons. The zero-order valence-electron chi connectivity index (χ0n) is 15.8. The number of fused-ring (bicyclic) bond motifs is 2. The third-order valence-corrected chi connectivity index (χ3v) is 7.52. The molecule has 2 N–H and O–H groups in total. The minimum atomic E-state index is -4.55. The van der Waals surface area contributed by atoms with Crippen LogP contribution in [0.5, 0.6) is 0 Å². The topological polar surface area (TPSA) is 127 Å². The molecule has 2 aromatic heterocycles. The highest BCUT2D eigenvalue weighted by Gasteiger charge is 2.87. The first kappa shape index (κ1) is 21.5. The molecule has 0 amide bonds. The summed E-state index contributed by atoms with van der Waals surface area (Å²) >= 11 is 5.94. The van der Waals surface area contributed by atoms with Crippen LogP contribution in [0.2, 0.25) is 5.02 Å². The summed E-state index contributed by atoms with van der Waals surface area (Å²) in [6.07, 6.45) is 1.04. The highest BCUT2D eigenvalue weighted by Crippen LogP contribution is 2.66. The predicted octanol–water partition coefficient (Wildman–Crippen LogP) is 2.59. The van der Waals surface area contributed by atoms with Gasteiger partial charge in [0.05, 0.1) is 37.4 Å². The molecule has 0 aliphatic heterocycles. The Morgan fingerprint density at radius 3 is 2.39 bits per heavy atom. The van der Waals surface area contributed by atoms with Crippen molar-refractivity contribution in [1.82, 2.24) is 19.5 Å². The number of hydrogen-bond donors (Lipinski definition) is 2. The SMILES string of the molecule is O=c1[nH]c2c(S(=O)(=O)c3ccc4cnn(C5C(F)(F)C5(F)F)c4c3)ccc(Cl)c2c(=O)n1O. The molecule has 1 saturated carbocycles. The van der Waals surface area contributed by atoms with E-state index in [1.54, 1.807) is 0 Å². The Morgan fingerprint density at radius 1 is 1.09 bits per heavy atom. The summed E-state index contributed by atoms with van der Waals surface area (Å²) in [6, 6.07) is 2.61. The number of H-pyrrole nitrogens is 1. The quantitative estimate of drug-likeness (QED) is 0.326. The van der Waals surface area contributed by atoms with Crippen molar-refractivity contribution in [2.75, 3.05) is 0 Å². The van der Waals surface area contributed by atoms with Gasteiger partial charge in [-0.05, 0) is 30.3 Å². The maximum atomic E-state index is 13.6. The molecule has 0 spiro atoms. The molecule has 4 aromatic rings. The number of benzene rings is 2. The van der Waals surface area contributed by atoms with Gasteiger partial charge in [0.25, 0.3) is 5.56 Å². The van der Waals surface area contributed by atoms with Gasteiger partial charge >= 0.3 is 17.5 Å². The summed E-state index contributed by atoms with van der Waals surface area (Å²) in [4.78, 5) is 25.0. The van der Waals surface area contributed by atoms with Gasteiger partial charge in [0, 0.05) is 5.39 Å². The first-order chi connectivity index (χ1) is 15.3. The average Bonchev–Trinajstić information content (AvgIpc) is 3.01. The van der Waals surface area contributed by atoms with Crippen molar-refractivity contribution in [2.24, 2.45) is 0 Å². The fourth-order valence-corrected chi connectivity index (χ4v) is 5.30. The maximum Gasteiger partial charge on any atom is 0.362 e. The van der Waals surface area contributed by atoms with Gasteiger partial charge in [0.15, 0.2) is 6.04 Å². The number of nitrogens with zero attached hydrogens (tertiary/aromatic N) is 3. The van der Waals surface area contributed by atoms with Gasteiger partial charge in [-0.25, -0.2) is 17.9 Å². The van der Waals surface area contributed by atoms with E-state index in [0.717, 1.165) is 30.5 Å². The van der Waals surface area contributed by atoms with Crippen molar-refractivity contribution in [2.45, 2.75) is 27.7 Å². The normalized spacial score (nSPS) is 17.6. The summed E-state index contributed by atoms with van der Waals surface area (Å²) in [7, 11) is -4.55. The average molecular weight is 505 g/mol. The summed E-state index contributed by atoms with van der Waals surface area (Å²) in [5.41, 5.74) is -3.40. The fraction of sp³-hybridized carbons (Fsp3) is 0.167. The number of nitrogens with one attached hydrogen (secondary N) is 1. The third-order valence-electron chi connectivity index (χ3n) is 5.41. The van der Waals surface area contributed by atoms with E-state index in [1.807, 2.05) is 0 Å². The standard InChI is InChI=1S/C18H9ClF4N4O5S/c19-9-3-4-11(13-12(9)14(28)27(30)16(29)25-13)33(31,32)8-2-1-7-6-24-26(10(7)5-8)15-17(20,21)18(15,22)23/h1-6,15,30H,(H,25,29). The van der Waals surface area contributed by atoms with Crippen LogP contribution in [0.25, 0.3) is 21.8 Å². The van der Waals surface area contributed by atoms with Crippen molar-refractivity contribution in [1.29, 1.82) is 0 Å². The molecule has 33 heavy (non-hydrogen) atoms. The van der Waals surface area contributed by atoms with Crippen LogP contribution in [0.15, 0.2) is 55.9 Å². The highest BCUT2D eigenvalue weighted by atomic mass is 35.5. The van der Waals surface area contributed by atoms with Gasteiger partial charge in [0.1, 0.15) is 0 Å². The lowest BCUT2D eigenvalue weighted by Crippen LogP contribution is -2.33. The van der Waals surface area contributed by atoms with Crippen LogP contribution in [0.3, 0.4) is 0 Å². The molecule has 0 atom stereocenters. The molecule has 1 fully saturated rings. The second kappa shape index (κ2) is 6.35. The molecule has 0 unspecified atom stereocenters. The van der Waals surface area contributed by atoms with Gasteiger partial charge in [-0.3, -0.25) is 4.79 Å². The van der Waals surface area contributed by atoms with Crippen LogP contribution < -0.4 is 11.2 Å². The van der Waals surface area contributed by atoms with Crippen LogP contribution in [-0.2, 0) is 9.84 Å². The highest BCUT2D eigenvalue weighted by molar-refractivity contribution is 7.91. The molecule has 15 heteroatoms. The van der Waals surface area contributed by atoms with E-state index in [2.05, 4.69) is 10.1 Å². The Morgan fingerprint density at radius 2 is 1.76 bits per heavy atom. The van der Waals surface area contributed by atoms with Crippen LogP contribution in [0.4, 0.5) is 17.6 Å². The molecule has 0 saturated heterocycles. The molecule has 172 valence electrons. The monoisotopic (exact) mass is 504 g/mol. The number of aromatic nitrogens is 4. The first-order valence-electron chi connectivity index (χ1n) is 8.95. The van der Waals surface area contributed by atoms with Crippen LogP contribution in [0, 0.1) is 0 Å². The molecule has 2 aromatic carbocycles.